The first-order valence-corrected chi connectivity index (χ1v) is 38.8. The van der Waals surface area contributed by atoms with Crippen LogP contribution in [0.15, 0.2) is 192 Å². The van der Waals surface area contributed by atoms with Crippen LogP contribution in [0, 0.1) is 83.1 Å². The summed E-state index contributed by atoms with van der Waals surface area (Å²) >= 11 is 0. The minimum Gasteiger partial charge on any atom is -0.507 e. The first-order chi connectivity index (χ1) is 55.5. The molecular weight excluding hydrogens is 1450 g/mol. The molecule has 8 bridgehead atoms. The van der Waals surface area contributed by atoms with Crippen molar-refractivity contribution in [2.75, 3.05) is 0 Å². The maximum Gasteiger partial charge on any atom is 0.184 e. The number of hydrogen-bond acceptors (Lipinski definition) is 16. The second-order valence-corrected chi connectivity index (χ2v) is 32.3. The van der Waals surface area contributed by atoms with Crippen LogP contribution in [0.25, 0.3) is 78.3 Å². The molecule has 16 rings (SSSR count). The number of nitrogens with zero attached hydrogens (tertiary/aromatic N) is 8. The van der Waals surface area contributed by atoms with E-state index in [1.807, 2.05) is 253 Å². The van der Waals surface area contributed by atoms with Gasteiger partial charge in [-0.2, -0.15) is 0 Å². The number of ether oxygens (including phenoxy) is 6. The molecule has 116 heavy (non-hydrogen) atoms. The molecule has 0 fully saturated rings. The van der Waals surface area contributed by atoms with Crippen molar-refractivity contribution in [1.29, 1.82) is 0 Å². The fourth-order valence-corrected chi connectivity index (χ4v) is 14.7. The molecule has 5 heterocycles. The van der Waals surface area contributed by atoms with E-state index in [2.05, 4.69) is 51.5 Å². The molecule has 0 aliphatic carbocycles. The largest absolute Gasteiger partial charge is 0.507 e. The number of aromatic nitrogens is 8. The van der Waals surface area contributed by atoms with Gasteiger partial charge < -0.3 is 48.6 Å². The van der Waals surface area contributed by atoms with Crippen LogP contribution < -0.4 is 28.4 Å². The van der Waals surface area contributed by atoms with E-state index in [1.54, 1.807) is 24.6 Å². The number of fused-ring (bicyclic) bond motifs is 17. The number of aliphatic imine (C=N–C) groups is 2. The third-order valence-electron chi connectivity index (χ3n) is 21.3. The first kappa shape index (κ1) is 76.3. The van der Waals surface area contributed by atoms with Crippen LogP contribution in [0.3, 0.4) is 0 Å². The molecule has 0 atom stereocenters. The summed E-state index contributed by atoms with van der Waals surface area (Å²) in [4.78, 5) is 51.5. The number of aryl methyl sites for hydroxylation is 12. The molecule has 11 aromatic carbocycles. The molecule has 0 unspecified atom stereocenters. The second kappa shape index (κ2) is 30.0. The van der Waals surface area contributed by atoms with Gasteiger partial charge in [0.2, 0.25) is 0 Å². The Labute approximate surface area is 674 Å². The summed E-state index contributed by atoms with van der Waals surface area (Å²) in [5.41, 5.74) is 15.5. The summed E-state index contributed by atoms with van der Waals surface area (Å²) in [5.74, 6) is 6.71. The Morgan fingerprint density at radius 2 is 0.509 bits per heavy atom. The quantitative estimate of drug-likeness (QED) is 0.0660. The van der Waals surface area contributed by atoms with Crippen molar-refractivity contribution < 1.29 is 38.6 Å². The topological polar surface area (TPSA) is 229 Å². The number of hydrogen-bond donors (Lipinski definition) is 4. The summed E-state index contributed by atoms with van der Waals surface area (Å²) in [5, 5.41) is 25.8. The molecule has 2 aliphatic heterocycles. The third kappa shape index (κ3) is 14.8. The lowest BCUT2D eigenvalue weighted by atomic mass is 9.86. The molecule has 4 N–H and O–H groups in total. The van der Waals surface area contributed by atoms with Crippen LogP contribution in [0.1, 0.15) is 142 Å². The molecule has 0 amide bonds. The lowest BCUT2D eigenvalue weighted by Crippen LogP contribution is -2.11. The van der Waals surface area contributed by atoms with Gasteiger partial charge >= 0.3 is 0 Å². The number of para-hydroxylation sites is 6. The van der Waals surface area contributed by atoms with Gasteiger partial charge in [-0.3, -0.25) is 0 Å². The van der Waals surface area contributed by atoms with Gasteiger partial charge in [0.05, 0.1) is 0 Å². The van der Waals surface area contributed by atoms with E-state index in [1.165, 1.54) is 0 Å². The Kier molecular flexibility index (Phi) is 19.7. The first-order valence-electron chi connectivity index (χ1n) is 38.8. The van der Waals surface area contributed by atoms with E-state index in [0.29, 0.717) is 124 Å². The fraction of sp³-hybridized carbons (Fsp3) is 0.204. The van der Waals surface area contributed by atoms with Gasteiger partial charge in [0, 0.05) is 56.2 Å². The third-order valence-corrected chi connectivity index (χ3v) is 21.3. The molecule has 2 aliphatic rings. The van der Waals surface area contributed by atoms with Gasteiger partial charge in [-0.25, -0.2) is 39.9 Å². The van der Waals surface area contributed by atoms with Gasteiger partial charge in [0.25, 0.3) is 0 Å². The molecule has 0 spiro atoms. The molecule has 0 radical (unpaired) electrons. The Morgan fingerprint density at radius 3 is 0.750 bits per heavy atom. The Morgan fingerprint density at radius 1 is 0.284 bits per heavy atom. The average Bonchev–Trinajstić information content (AvgIpc) is 1.58. The predicted octanol–water partition coefficient (Wildman–Crippen LogP) is 25.1. The Bertz CT molecular complexity index is 6170. The molecule has 3 aromatic heterocycles. The van der Waals surface area contributed by atoms with Crippen molar-refractivity contribution in [3.05, 3.63) is 283 Å². The van der Waals surface area contributed by atoms with Crippen LogP contribution >= 0.6 is 0 Å². The number of benzene rings is 11. The van der Waals surface area contributed by atoms with Crippen molar-refractivity contribution >= 4 is 68.0 Å². The standard InChI is InChI=1S/C98H90N10O8/c1-51-25-19-26-52(2)83(51)111-75-43-67-68(44-76(75)112-84-53(3)27-20-28-54(84)4)90-101-89(67)102-91-69-45-77(113-85-55(5)29-21-30-56(85)6)79(115-87-59(9)33-23-34-60(87)10)47-71(69)93(104-91)106-95-81(99-49-63-41-65(97(13,14)15)37-39-73(63)109)82(100-50-64-42-66(98(16,17)18)38-40-74(64)110)96(108-95)107-94-72-48-80(116-88-61(11)35-24-36-62(88)12)78(46-70(72)92(103-90)105-94)114-86-57(7)31-22-32-58(86)8/h19-50,109-110H,1-18H3,(H2,101,102,103,104,105,106,107,108). The molecule has 0 saturated carbocycles. The van der Waals surface area contributed by atoms with Gasteiger partial charge in [-0.05, 0) is 232 Å². The molecular formula is C98H90N10O8. The minimum atomic E-state index is -0.313. The zero-order valence-electron chi connectivity index (χ0n) is 68.4. The van der Waals surface area contributed by atoms with Gasteiger partial charge in [0.15, 0.2) is 57.8 Å². The van der Waals surface area contributed by atoms with E-state index < -0.39 is 0 Å². The van der Waals surface area contributed by atoms with E-state index in [0.717, 1.165) is 77.9 Å². The highest BCUT2D eigenvalue weighted by Gasteiger charge is 2.31. The maximum absolute atomic E-state index is 11.8. The monoisotopic (exact) mass is 1530 g/mol. The normalized spacial score (nSPS) is 12.4. The Balaban J connectivity index is 1.08. The number of aromatic amines is 2. The minimum absolute atomic E-state index is 0.0131. The zero-order chi connectivity index (χ0) is 81.5. The molecule has 18 heteroatoms. The predicted molar refractivity (Wildman–Crippen MR) is 463 cm³/mol. The summed E-state index contributed by atoms with van der Waals surface area (Å²) in [7, 11) is 0. The fourth-order valence-electron chi connectivity index (χ4n) is 14.7. The van der Waals surface area contributed by atoms with E-state index >= 15 is 0 Å². The van der Waals surface area contributed by atoms with Crippen molar-refractivity contribution in [3.63, 3.8) is 0 Å². The number of aromatic hydroxyl groups is 2. The second-order valence-electron chi connectivity index (χ2n) is 32.3. The smallest absolute Gasteiger partial charge is 0.184 e. The summed E-state index contributed by atoms with van der Waals surface area (Å²) in [6.45, 7) is 36.8. The highest BCUT2D eigenvalue weighted by molar-refractivity contribution is 6.09. The van der Waals surface area contributed by atoms with Gasteiger partial charge in [0.1, 0.15) is 80.0 Å². The van der Waals surface area contributed by atoms with E-state index in [4.69, 9.17) is 68.3 Å². The number of H-pyrrole nitrogens is 2. The summed E-state index contributed by atoms with van der Waals surface area (Å²) < 4.78 is 43.0. The zero-order valence-corrected chi connectivity index (χ0v) is 68.4. The van der Waals surface area contributed by atoms with Gasteiger partial charge in [-0.1, -0.05) is 163 Å². The molecule has 18 nitrogen and oxygen atoms in total. The van der Waals surface area contributed by atoms with Crippen LogP contribution in [0.5, 0.6) is 80.5 Å². The molecule has 0 saturated heterocycles. The highest BCUT2D eigenvalue weighted by atomic mass is 16.5. The molecule has 580 valence electrons. The number of nitrogens with one attached hydrogen (secondary N) is 2. The average molecular weight is 1540 g/mol. The summed E-state index contributed by atoms with van der Waals surface area (Å²) in [6.07, 6.45) is 3.17. The van der Waals surface area contributed by atoms with E-state index in [-0.39, 0.29) is 68.3 Å². The van der Waals surface area contributed by atoms with Crippen molar-refractivity contribution in [3.8, 4) is 103 Å². The van der Waals surface area contributed by atoms with Gasteiger partial charge in [-0.15, -0.1) is 0 Å². The van der Waals surface area contributed by atoms with Crippen LogP contribution in [-0.2, 0) is 10.8 Å². The molecule has 14 aromatic rings. The number of phenols is 2. The lowest BCUT2D eigenvalue weighted by molar-refractivity contribution is 0.413. The van der Waals surface area contributed by atoms with Crippen LogP contribution in [0.2, 0.25) is 0 Å². The van der Waals surface area contributed by atoms with E-state index in [9.17, 15) is 10.2 Å². The lowest BCUT2D eigenvalue weighted by Gasteiger charge is -2.19. The highest BCUT2D eigenvalue weighted by Crippen LogP contribution is 2.50. The van der Waals surface area contributed by atoms with Crippen LogP contribution in [0.4, 0.5) is 0 Å². The van der Waals surface area contributed by atoms with Crippen molar-refractivity contribution in [2.45, 2.75) is 135 Å². The maximum atomic E-state index is 11.8. The van der Waals surface area contributed by atoms with Crippen molar-refractivity contribution in [2.24, 2.45) is 9.98 Å². The van der Waals surface area contributed by atoms with Crippen molar-refractivity contribution in [1.82, 2.24) is 39.9 Å². The Hall–Kier alpha value is -13.7. The number of rotatable bonds is 16. The number of phenolic OH excluding ortho intramolecular Hbond substituents is 2. The van der Waals surface area contributed by atoms with Crippen LogP contribution in [-0.4, -0.2) is 62.5 Å². The summed E-state index contributed by atoms with van der Waals surface area (Å²) in [6, 6.07) is 58.6. The SMILES string of the molecule is Cc1cccc(C)c1Oc1cc2c(cc1Oc1c(C)cccc1C)-c1nc-2nc2[nH]c(nc3nc(nc4[nH]c(n1)c1cc(Oc5c(C)cccc5C)c(Oc5c(C)cccc5C)cc41)C(N=Cc1cc(C(C)(C)C)ccc1O)=C3N=Cc1cc(C(C)(C)C)ccc1O)c1cc(Oc3c(C)cccc3C)c(Oc3c(C)cccc3C)cc21.